The topological polar surface area (TPSA) is 77.9 Å². The highest BCUT2D eigenvalue weighted by molar-refractivity contribution is 6.31. The smallest absolute Gasteiger partial charge is 0.323 e. The maximum atomic E-state index is 13.9. The van der Waals surface area contributed by atoms with Crippen molar-refractivity contribution >= 4 is 29.4 Å². The van der Waals surface area contributed by atoms with E-state index in [-0.39, 0.29) is 29.1 Å². The summed E-state index contributed by atoms with van der Waals surface area (Å²) in [5.41, 5.74) is -0.0834. The van der Waals surface area contributed by atoms with Crippen molar-refractivity contribution in [1.82, 2.24) is 9.80 Å². The Kier molecular flexibility index (Phi) is 6.36. The fourth-order valence-corrected chi connectivity index (χ4v) is 3.24. The van der Waals surface area contributed by atoms with Crippen LogP contribution >= 0.6 is 11.6 Å². The van der Waals surface area contributed by atoms with Gasteiger partial charge in [0, 0.05) is 31.1 Å². The van der Waals surface area contributed by atoms with E-state index >= 15 is 0 Å². The zero-order valence-electron chi connectivity index (χ0n) is 13.9. The normalized spacial score (nSPS) is 17.7. The van der Waals surface area contributed by atoms with E-state index in [1.54, 1.807) is 0 Å². The van der Waals surface area contributed by atoms with E-state index in [2.05, 4.69) is 0 Å². The molecular weight excluding hydrogens is 351 g/mol. The highest BCUT2D eigenvalue weighted by Gasteiger charge is 2.28. The van der Waals surface area contributed by atoms with Gasteiger partial charge in [-0.3, -0.25) is 14.4 Å². The van der Waals surface area contributed by atoms with Crippen LogP contribution in [0.4, 0.5) is 4.39 Å². The largest absolute Gasteiger partial charge is 0.480 e. The lowest BCUT2D eigenvalue weighted by Crippen LogP contribution is -2.43. The van der Waals surface area contributed by atoms with Gasteiger partial charge < -0.3 is 14.9 Å². The summed E-state index contributed by atoms with van der Waals surface area (Å²) in [7, 11) is 0. The van der Waals surface area contributed by atoms with Crippen molar-refractivity contribution in [3.8, 4) is 0 Å². The lowest BCUT2D eigenvalue weighted by atomic mass is 10.1. The number of benzene rings is 1. The van der Waals surface area contributed by atoms with Crippen molar-refractivity contribution in [2.45, 2.75) is 32.2 Å². The predicted molar refractivity (Wildman–Crippen MR) is 90.0 cm³/mol. The minimum Gasteiger partial charge on any atom is -0.480 e. The number of hydrogen-bond donors (Lipinski definition) is 1. The summed E-state index contributed by atoms with van der Waals surface area (Å²) in [4.78, 5) is 38.1. The molecule has 136 valence electrons. The molecule has 2 amide bonds. The van der Waals surface area contributed by atoms with Crippen molar-refractivity contribution in [3.63, 3.8) is 0 Å². The average molecular weight is 371 g/mol. The summed E-state index contributed by atoms with van der Waals surface area (Å²) in [5, 5.41) is 9.25. The molecule has 1 fully saturated rings. The molecule has 0 aliphatic carbocycles. The Balaban J connectivity index is 2.10. The zero-order chi connectivity index (χ0) is 18.6. The first-order valence-electron chi connectivity index (χ1n) is 8.03. The number of rotatable bonds is 4. The van der Waals surface area contributed by atoms with Gasteiger partial charge in [-0.1, -0.05) is 11.6 Å². The van der Waals surface area contributed by atoms with E-state index < -0.39 is 17.7 Å². The molecule has 1 heterocycles. The summed E-state index contributed by atoms with van der Waals surface area (Å²) in [5.74, 6) is -2.47. The third-order valence-corrected chi connectivity index (χ3v) is 4.53. The SMILES string of the molecule is CC(=O)N(CC(=O)O)[C@@H]1CCCN(C(=O)c2cc(Cl)ccc2F)CC1. The first-order valence-corrected chi connectivity index (χ1v) is 8.40. The van der Waals surface area contributed by atoms with Gasteiger partial charge in [0.05, 0.1) is 5.56 Å². The fraction of sp³-hybridized carbons (Fsp3) is 0.471. The molecule has 2 rings (SSSR count). The van der Waals surface area contributed by atoms with E-state index in [1.165, 1.54) is 28.9 Å². The number of likely N-dealkylation sites (tertiary alicyclic amines) is 1. The van der Waals surface area contributed by atoms with Crippen LogP contribution in [-0.4, -0.2) is 58.4 Å². The second-order valence-corrected chi connectivity index (χ2v) is 6.48. The van der Waals surface area contributed by atoms with Gasteiger partial charge in [0.1, 0.15) is 12.4 Å². The molecular formula is C17H20ClFN2O4. The van der Waals surface area contributed by atoms with Crippen LogP contribution in [0.25, 0.3) is 0 Å². The highest BCUT2D eigenvalue weighted by Crippen LogP contribution is 2.21. The maximum Gasteiger partial charge on any atom is 0.323 e. The van der Waals surface area contributed by atoms with E-state index in [0.717, 1.165) is 6.07 Å². The second-order valence-electron chi connectivity index (χ2n) is 6.04. The lowest BCUT2D eigenvalue weighted by Gasteiger charge is -2.28. The summed E-state index contributed by atoms with van der Waals surface area (Å²) in [6, 6.07) is 3.58. The van der Waals surface area contributed by atoms with Crippen molar-refractivity contribution in [2.24, 2.45) is 0 Å². The first kappa shape index (κ1) is 19.2. The number of amides is 2. The molecule has 0 spiro atoms. The summed E-state index contributed by atoms with van der Waals surface area (Å²) < 4.78 is 13.9. The van der Waals surface area contributed by atoms with Gasteiger partial charge in [-0.2, -0.15) is 0 Å². The van der Waals surface area contributed by atoms with Gasteiger partial charge in [-0.15, -0.1) is 0 Å². The van der Waals surface area contributed by atoms with Crippen LogP contribution in [0, 0.1) is 5.82 Å². The van der Waals surface area contributed by atoms with Crippen molar-refractivity contribution in [2.75, 3.05) is 19.6 Å². The number of halogens is 2. The van der Waals surface area contributed by atoms with E-state index in [1.807, 2.05) is 0 Å². The molecule has 6 nitrogen and oxygen atoms in total. The van der Waals surface area contributed by atoms with Crippen LogP contribution < -0.4 is 0 Å². The quantitative estimate of drug-likeness (QED) is 0.882. The molecule has 8 heteroatoms. The Morgan fingerprint density at radius 3 is 2.68 bits per heavy atom. The molecule has 1 saturated heterocycles. The summed E-state index contributed by atoms with van der Waals surface area (Å²) in [6.45, 7) is 1.70. The van der Waals surface area contributed by atoms with Gasteiger partial charge in [0.15, 0.2) is 0 Å². The van der Waals surface area contributed by atoms with Crippen molar-refractivity contribution in [1.29, 1.82) is 0 Å². The lowest BCUT2D eigenvalue weighted by molar-refractivity contribution is -0.145. The Hall–Kier alpha value is -2.15. The Labute approximate surface area is 150 Å². The highest BCUT2D eigenvalue weighted by atomic mass is 35.5. The molecule has 1 N–H and O–H groups in total. The first-order chi connectivity index (χ1) is 11.8. The van der Waals surface area contributed by atoms with E-state index in [4.69, 9.17) is 16.7 Å². The second kappa shape index (κ2) is 8.29. The number of carboxylic acids is 1. The van der Waals surface area contributed by atoms with Gasteiger partial charge in [0.25, 0.3) is 5.91 Å². The molecule has 1 aromatic carbocycles. The number of carboxylic acid groups (broad SMARTS) is 1. The number of aliphatic carboxylic acids is 1. The number of hydrogen-bond acceptors (Lipinski definition) is 3. The van der Waals surface area contributed by atoms with Gasteiger partial charge >= 0.3 is 5.97 Å². The molecule has 0 aromatic heterocycles. The van der Waals surface area contributed by atoms with Crippen LogP contribution in [0.3, 0.4) is 0 Å². The van der Waals surface area contributed by atoms with Crippen LogP contribution in [-0.2, 0) is 9.59 Å². The third kappa shape index (κ3) is 4.92. The van der Waals surface area contributed by atoms with Gasteiger partial charge in [-0.25, -0.2) is 4.39 Å². The van der Waals surface area contributed by atoms with E-state index in [9.17, 15) is 18.8 Å². The summed E-state index contributed by atoms with van der Waals surface area (Å²) in [6.07, 6.45) is 1.64. The molecule has 0 radical (unpaired) electrons. The fourth-order valence-electron chi connectivity index (χ4n) is 3.07. The molecule has 0 bridgehead atoms. The number of carbonyl (C=O) groups is 3. The van der Waals surface area contributed by atoms with Gasteiger partial charge in [0.2, 0.25) is 5.91 Å². The standard InChI is InChI=1S/C17H20ClFN2O4/c1-11(22)21(10-16(23)24)13-3-2-7-20(8-6-13)17(25)14-9-12(18)4-5-15(14)19/h4-5,9,13H,2-3,6-8,10H2,1H3,(H,23,24)/t13-/m1/s1. The van der Waals surface area contributed by atoms with Crippen molar-refractivity contribution in [3.05, 3.63) is 34.6 Å². The Bertz CT molecular complexity index is 683. The van der Waals surface area contributed by atoms with Crippen LogP contribution in [0.2, 0.25) is 5.02 Å². The third-order valence-electron chi connectivity index (χ3n) is 4.29. The van der Waals surface area contributed by atoms with Crippen molar-refractivity contribution < 1.29 is 23.9 Å². The van der Waals surface area contributed by atoms with E-state index in [0.29, 0.717) is 32.4 Å². The maximum absolute atomic E-state index is 13.9. The average Bonchev–Trinajstić information content (AvgIpc) is 2.79. The van der Waals surface area contributed by atoms with Crippen LogP contribution in [0.15, 0.2) is 18.2 Å². The minimum atomic E-state index is -1.08. The zero-order valence-corrected chi connectivity index (χ0v) is 14.6. The minimum absolute atomic E-state index is 0.0834. The molecule has 1 atom stereocenters. The number of nitrogens with zero attached hydrogens (tertiary/aromatic N) is 2. The molecule has 1 aromatic rings. The monoisotopic (exact) mass is 370 g/mol. The summed E-state index contributed by atoms with van der Waals surface area (Å²) >= 11 is 5.84. The van der Waals surface area contributed by atoms with Gasteiger partial charge in [-0.05, 0) is 37.5 Å². The Morgan fingerprint density at radius 2 is 2.04 bits per heavy atom. The Morgan fingerprint density at radius 1 is 1.32 bits per heavy atom. The molecule has 0 saturated carbocycles. The van der Waals surface area contributed by atoms with Crippen LogP contribution in [0.5, 0.6) is 0 Å². The molecule has 25 heavy (non-hydrogen) atoms. The number of carbonyl (C=O) groups excluding carboxylic acids is 2. The molecule has 1 aliphatic heterocycles. The molecule has 1 aliphatic rings. The predicted octanol–water partition coefficient (Wildman–Crippen LogP) is 2.41. The molecule has 0 unspecified atom stereocenters. The van der Waals surface area contributed by atoms with Crippen LogP contribution in [0.1, 0.15) is 36.5 Å².